The second-order valence-electron chi connectivity index (χ2n) is 11.3. The fraction of sp³-hybridized carbons (Fsp3) is 0.548. The monoisotopic (exact) mass is 520 g/mol. The molecule has 2 unspecified atom stereocenters. The van der Waals surface area contributed by atoms with Crippen LogP contribution >= 0.6 is 0 Å². The van der Waals surface area contributed by atoms with Gasteiger partial charge in [0, 0.05) is 45.1 Å². The molecule has 4 aliphatic heterocycles. The Bertz CT molecular complexity index is 1050. The van der Waals surface area contributed by atoms with Crippen LogP contribution in [0.4, 0.5) is 0 Å². The van der Waals surface area contributed by atoms with Gasteiger partial charge in [-0.2, -0.15) is 0 Å². The normalized spacial score (nSPS) is 27.9. The molecule has 2 aromatic rings. The van der Waals surface area contributed by atoms with Crippen molar-refractivity contribution in [3.63, 3.8) is 0 Å². The lowest BCUT2D eigenvalue weighted by Gasteiger charge is -2.47. The lowest BCUT2D eigenvalue weighted by atomic mass is 9.85. The molecule has 0 saturated carbocycles. The average molecular weight is 521 g/mol. The highest BCUT2D eigenvalue weighted by Crippen LogP contribution is 2.47. The summed E-state index contributed by atoms with van der Waals surface area (Å²) >= 11 is 0. The van der Waals surface area contributed by atoms with Crippen molar-refractivity contribution in [1.82, 2.24) is 0 Å². The van der Waals surface area contributed by atoms with Gasteiger partial charge in [-0.05, 0) is 17.5 Å². The van der Waals surface area contributed by atoms with Gasteiger partial charge in [-0.15, -0.1) is 0 Å². The quantitative estimate of drug-likeness (QED) is 0.293. The summed E-state index contributed by atoms with van der Waals surface area (Å²) in [4.78, 5) is 26.9. The summed E-state index contributed by atoms with van der Waals surface area (Å²) in [5.41, 5.74) is -0.248. The number of carbonyl (C=O) groups excluding carboxylic acids is 2. The zero-order valence-electron chi connectivity index (χ0n) is 22.0. The summed E-state index contributed by atoms with van der Waals surface area (Å²) in [6.07, 6.45) is 7.35. The Kier molecular flexibility index (Phi) is 7.25. The van der Waals surface area contributed by atoms with Crippen LogP contribution in [-0.2, 0) is 34.1 Å². The number of esters is 2. The number of rotatable bonds is 8. The molecule has 6 rings (SSSR count). The first-order valence-corrected chi connectivity index (χ1v) is 14.2. The van der Waals surface area contributed by atoms with Crippen LogP contribution in [0.3, 0.4) is 0 Å². The third-order valence-corrected chi connectivity index (χ3v) is 9.42. The molecule has 4 heterocycles. The highest BCUT2D eigenvalue weighted by molar-refractivity contribution is 5.86. The van der Waals surface area contributed by atoms with E-state index in [2.05, 4.69) is 0 Å². The van der Waals surface area contributed by atoms with Crippen LogP contribution in [0, 0.1) is 5.92 Å². The maximum Gasteiger partial charge on any atom is 0.348 e. The van der Waals surface area contributed by atoms with Gasteiger partial charge in [0.25, 0.3) is 0 Å². The summed E-state index contributed by atoms with van der Waals surface area (Å²) in [7, 11) is 0. The van der Waals surface area contributed by atoms with Crippen molar-refractivity contribution in [2.24, 2.45) is 5.92 Å². The Hall–Kier alpha value is -2.74. The third kappa shape index (κ3) is 4.55. The number of piperidine rings is 1. The Morgan fingerprint density at radius 1 is 0.868 bits per heavy atom. The molecule has 4 aliphatic rings. The first kappa shape index (κ1) is 25.5. The molecule has 0 radical (unpaired) electrons. The van der Waals surface area contributed by atoms with Gasteiger partial charge < -0.3 is 23.4 Å². The Morgan fingerprint density at radius 2 is 1.47 bits per heavy atom. The molecule has 7 heteroatoms. The number of quaternary nitrogens is 1. The van der Waals surface area contributed by atoms with Crippen molar-refractivity contribution in [2.75, 3.05) is 33.1 Å². The Morgan fingerprint density at radius 3 is 2.03 bits per heavy atom. The molecule has 0 amide bonds. The van der Waals surface area contributed by atoms with E-state index in [4.69, 9.17) is 18.9 Å². The molecule has 4 fully saturated rings. The Balaban J connectivity index is 1.26. The molecule has 4 saturated heterocycles. The van der Waals surface area contributed by atoms with Crippen LogP contribution in [0.5, 0.6) is 0 Å². The molecular weight excluding hydrogens is 482 g/mol. The first-order chi connectivity index (χ1) is 18.6. The van der Waals surface area contributed by atoms with Gasteiger partial charge in [-0.1, -0.05) is 60.7 Å². The highest BCUT2D eigenvalue weighted by Gasteiger charge is 2.57. The van der Waals surface area contributed by atoms with E-state index in [9.17, 15) is 9.59 Å². The standard InChI is InChI=1S/C31H38NO6/c33-29(23-15-18-35-21-23)36-22-37-31(24-9-3-1-4-10-24,25-11-5-2-6-12-25)30(34)38-28-19-26-13-14-27(20-28)32(26)16-7-8-17-32/h1-6,9-12,23,26-28H,7-8,13-22H2/q+1/t23-,26?,27?,28?/m0/s1. The van der Waals surface area contributed by atoms with Gasteiger partial charge in [0.05, 0.1) is 37.7 Å². The van der Waals surface area contributed by atoms with Gasteiger partial charge in [-0.25, -0.2) is 4.79 Å². The minimum atomic E-state index is -1.55. The van der Waals surface area contributed by atoms with Gasteiger partial charge in [0.2, 0.25) is 5.60 Å². The van der Waals surface area contributed by atoms with Crippen molar-refractivity contribution >= 4 is 11.9 Å². The number of ether oxygens (including phenoxy) is 4. The molecule has 202 valence electrons. The fourth-order valence-corrected chi connectivity index (χ4v) is 7.53. The first-order valence-electron chi connectivity index (χ1n) is 14.2. The van der Waals surface area contributed by atoms with Crippen LogP contribution in [0.2, 0.25) is 0 Å². The minimum Gasteiger partial charge on any atom is -0.459 e. The maximum absolute atomic E-state index is 14.3. The van der Waals surface area contributed by atoms with Crippen molar-refractivity contribution in [3.8, 4) is 0 Å². The molecular formula is C31H38NO6+. The number of benzene rings is 2. The molecule has 0 N–H and O–H groups in total. The summed E-state index contributed by atoms with van der Waals surface area (Å²) in [6.45, 7) is 3.09. The van der Waals surface area contributed by atoms with Gasteiger partial charge in [-0.3, -0.25) is 4.79 Å². The molecule has 1 spiro atoms. The van der Waals surface area contributed by atoms with E-state index in [1.807, 2.05) is 60.7 Å². The van der Waals surface area contributed by atoms with E-state index in [-0.39, 0.29) is 24.8 Å². The van der Waals surface area contributed by atoms with E-state index in [0.29, 0.717) is 42.8 Å². The molecule has 3 atom stereocenters. The van der Waals surface area contributed by atoms with Crippen molar-refractivity contribution in [2.45, 2.75) is 68.7 Å². The zero-order valence-corrected chi connectivity index (χ0v) is 22.0. The van der Waals surface area contributed by atoms with E-state index in [0.717, 1.165) is 12.8 Å². The molecule has 38 heavy (non-hydrogen) atoms. The van der Waals surface area contributed by atoms with Gasteiger partial charge in [0.15, 0.2) is 6.79 Å². The molecule has 2 bridgehead atoms. The summed E-state index contributed by atoms with van der Waals surface area (Å²) in [5, 5.41) is 0. The molecule has 0 aromatic heterocycles. The molecule has 2 aromatic carbocycles. The van der Waals surface area contributed by atoms with Crippen LogP contribution in [0.25, 0.3) is 0 Å². The summed E-state index contributed by atoms with van der Waals surface area (Å²) in [6, 6.07) is 20.0. The second-order valence-corrected chi connectivity index (χ2v) is 11.3. The topological polar surface area (TPSA) is 71.1 Å². The van der Waals surface area contributed by atoms with Crippen LogP contribution in [0.1, 0.15) is 56.1 Å². The van der Waals surface area contributed by atoms with Crippen molar-refractivity contribution < 1.29 is 33.0 Å². The largest absolute Gasteiger partial charge is 0.459 e. The summed E-state index contributed by atoms with van der Waals surface area (Å²) < 4.78 is 24.8. The minimum absolute atomic E-state index is 0.141. The van der Waals surface area contributed by atoms with Crippen molar-refractivity contribution in [3.05, 3.63) is 71.8 Å². The Labute approximate surface area is 224 Å². The van der Waals surface area contributed by atoms with Crippen LogP contribution in [-0.4, -0.2) is 67.7 Å². The predicted molar refractivity (Wildman–Crippen MR) is 140 cm³/mol. The van der Waals surface area contributed by atoms with E-state index >= 15 is 0 Å². The fourth-order valence-electron chi connectivity index (χ4n) is 7.53. The lowest BCUT2D eigenvalue weighted by Crippen LogP contribution is -2.60. The van der Waals surface area contributed by atoms with Crippen LogP contribution < -0.4 is 0 Å². The smallest absolute Gasteiger partial charge is 0.348 e. The second kappa shape index (κ2) is 10.8. The van der Waals surface area contributed by atoms with E-state index in [1.165, 1.54) is 43.3 Å². The number of nitrogens with zero attached hydrogens (tertiary/aromatic N) is 1. The summed E-state index contributed by atoms with van der Waals surface area (Å²) in [5.74, 6) is -1.11. The highest BCUT2D eigenvalue weighted by atomic mass is 16.7. The van der Waals surface area contributed by atoms with Crippen LogP contribution in [0.15, 0.2) is 60.7 Å². The maximum atomic E-state index is 14.3. The number of hydrogen-bond acceptors (Lipinski definition) is 6. The van der Waals surface area contributed by atoms with Gasteiger partial charge >= 0.3 is 11.9 Å². The SMILES string of the molecule is O=C(OCOC(C(=O)OC1CC2CCC(C1)[N+]21CCCC1)(c1ccccc1)c1ccccc1)[C@H]1CCOC1. The molecule has 7 nitrogen and oxygen atoms in total. The zero-order chi connectivity index (χ0) is 26.0. The van der Waals surface area contributed by atoms with E-state index < -0.39 is 11.6 Å². The lowest BCUT2D eigenvalue weighted by molar-refractivity contribution is -0.956. The molecule has 0 aliphatic carbocycles. The average Bonchev–Trinajstić information content (AvgIpc) is 3.70. The van der Waals surface area contributed by atoms with E-state index in [1.54, 1.807) is 0 Å². The van der Waals surface area contributed by atoms with Crippen molar-refractivity contribution in [1.29, 1.82) is 0 Å². The van der Waals surface area contributed by atoms with Gasteiger partial charge in [0.1, 0.15) is 6.10 Å². The number of carbonyl (C=O) groups is 2. The number of hydrogen-bond donors (Lipinski definition) is 0. The third-order valence-electron chi connectivity index (χ3n) is 9.42. The predicted octanol–water partition coefficient (Wildman–Crippen LogP) is 4.33.